The second-order valence-corrected chi connectivity index (χ2v) is 6.22. The molecule has 5 heteroatoms. The van der Waals surface area contributed by atoms with E-state index in [2.05, 4.69) is 5.32 Å². The molecule has 0 atom stereocenters. The third-order valence-corrected chi connectivity index (χ3v) is 4.44. The summed E-state index contributed by atoms with van der Waals surface area (Å²) in [5, 5.41) is 3.45. The summed E-state index contributed by atoms with van der Waals surface area (Å²) in [6.07, 6.45) is 2.36. The maximum atomic E-state index is 12.1. The first-order valence-electron chi connectivity index (χ1n) is 5.63. The molecule has 0 amide bonds. The van der Waals surface area contributed by atoms with Gasteiger partial charge >= 0.3 is 0 Å². The molecule has 1 saturated heterocycles. The van der Waals surface area contributed by atoms with Gasteiger partial charge in [-0.25, -0.2) is 0 Å². The lowest BCUT2D eigenvalue weighted by Gasteiger charge is -2.23. The summed E-state index contributed by atoms with van der Waals surface area (Å²) in [7, 11) is 0. The first-order valence-corrected chi connectivity index (χ1v) is 7.66. The van der Waals surface area contributed by atoms with Crippen LogP contribution in [-0.4, -0.2) is 23.3 Å². The molecule has 1 aliphatic rings. The van der Waals surface area contributed by atoms with E-state index in [-0.39, 0.29) is 0 Å². The summed E-state index contributed by atoms with van der Waals surface area (Å²) < 4.78 is 24.3. The van der Waals surface area contributed by atoms with Gasteiger partial charge < -0.3 is 5.32 Å². The zero-order chi connectivity index (χ0) is 12.1. The highest BCUT2D eigenvalue weighted by molar-refractivity contribution is 7.99. The number of benzene rings is 1. The summed E-state index contributed by atoms with van der Waals surface area (Å²) in [4.78, 5) is 0.616. The summed E-state index contributed by atoms with van der Waals surface area (Å²) in [5.74, 6) is 0.0673. The highest BCUT2D eigenvalue weighted by Crippen LogP contribution is 2.27. The Morgan fingerprint density at radius 2 is 1.82 bits per heavy atom. The fraction of sp³-hybridized carbons (Fsp3) is 0.500. The van der Waals surface area contributed by atoms with Crippen molar-refractivity contribution in [3.05, 3.63) is 24.3 Å². The van der Waals surface area contributed by atoms with E-state index in [0.29, 0.717) is 22.7 Å². The van der Waals surface area contributed by atoms with Crippen molar-refractivity contribution in [2.24, 2.45) is 0 Å². The molecule has 0 aromatic heterocycles. The van der Waals surface area contributed by atoms with Gasteiger partial charge in [0.15, 0.2) is 0 Å². The maximum Gasteiger partial charge on any atom is 0.288 e. The van der Waals surface area contributed by atoms with E-state index in [1.807, 2.05) is 23.9 Å². The van der Waals surface area contributed by atoms with E-state index in [1.165, 1.54) is 24.3 Å². The number of rotatable bonds is 4. The second-order valence-electron chi connectivity index (χ2n) is 3.93. The third-order valence-electron chi connectivity index (χ3n) is 2.67. The van der Waals surface area contributed by atoms with Gasteiger partial charge in [0.2, 0.25) is 0 Å². The Morgan fingerprint density at radius 3 is 2.41 bits per heavy atom. The molecule has 0 bridgehead atoms. The predicted octanol–water partition coefficient (Wildman–Crippen LogP) is 4.31. The molecule has 1 N–H and O–H groups in total. The number of alkyl halides is 2. The first kappa shape index (κ1) is 13.0. The number of halogens is 2. The largest absolute Gasteiger partial charge is 0.382 e. The van der Waals surface area contributed by atoms with Crippen molar-refractivity contribution in [3.63, 3.8) is 0 Å². The highest BCUT2D eigenvalue weighted by atomic mass is 32.2. The van der Waals surface area contributed by atoms with E-state index in [0.717, 1.165) is 5.69 Å². The van der Waals surface area contributed by atoms with E-state index < -0.39 is 5.76 Å². The van der Waals surface area contributed by atoms with Gasteiger partial charge in [0.25, 0.3) is 5.76 Å². The van der Waals surface area contributed by atoms with Crippen LogP contribution in [0, 0.1) is 0 Å². The average molecular weight is 275 g/mol. The monoisotopic (exact) mass is 275 g/mol. The first-order chi connectivity index (χ1) is 8.24. The quantitative estimate of drug-likeness (QED) is 0.822. The molecule has 0 unspecified atom stereocenters. The third kappa shape index (κ3) is 4.39. The maximum absolute atomic E-state index is 12.1. The minimum absolute atomic E-state index is 0.532. The van der Waals surface area contributed by atoms with Crippen LogP contribution < -0.4 is 5.32 Å². The van der Waals surface area contributed by atoms with Crippen LogP contribution in [0.3, 0.4) is 0 Å². The van der Waals surface area contributed by atoms with Crippen molar-refractivity contribution < 1.29 is 8.78 Å². The molecule has 0 aliphatic carbocycles. The van der Waals surface area contributed by atoms with Gasteiger partial charge in [-0.05, 0) is 48.6 Å². The number of hydrogen-bond donors (Lipinski definition) is 1. The molecule has 0 radical (unpaired) electrons. The number of thioether (sulfide) groups is 2. The van der Waals surface area contributed by atoms with Crippen LogP contribution in [0.4, 0.5) is 14.5 Å². The topological polar surface area (TPSA) is 12.0 Å². The van der Waals surface area contributed by atoms with Gasteiger partial charge in [-0.15, -0.1) is 0 Å². The molecule has 0 saturated carbocycles. The normalized spacial score (nSPS) is 17.4. The lowest BCUT2D eigenvalue weighted by molar-refractivity contribution is 0.252. The Bertz CT molecular complexity index is 337. The van der Waals surface area contributed by atoms with Crippen LogP contribution in [0.2, 0.25) is 0 Å². The molecular weight excluding hydrogens is 260 g/mol. The Balaban J connectivity index is 1.88. The summed E-state index contributed by atoms with van der Waals surface area (Å²) >= 11 is 2.58. The van der Waals surface area contributed by atoms with Gasteiger partial charge in [0.05, 0.1) is 0 Å². The fourth-order valence-electron chi connectivity index (χ4n) is 1.81. The van der Waals surface area contributed by atoms with Crippen molar-refractivity contribution in [2.75, 3.05) is 16.8 Å². The molecule has 17 heavy (non-hydrogen) atoms. The van der Waals surface area contributed by atoms with E-state index in [1.54, 1.807) is 12.1 Å². The molecule has 1 aromatic carbocycles. The van der Waals surface area contributed by atoms with Gasteiger partial charge in [0.1, 0.15) is 0 Å². The van der Waals surface area contributed by atoms with Gasteiger partial charge in [-0.3, -0.25) is 0 Å². The second kappa shape index (κ2) is 6.50. The number of nitrogens with one attached hydrogen (secondary N) is 1. The van der Waals surface area contributed by atoms with Gasteiger partial charge in [-0.1, -0.05) is 11.8 Å². The Labute approximate surface area is 109 Å². The molecule has 94 valence electrons. The van der Waals surface area contributed by atoms with Crippen molar-refractivity contribution in [1.82, 2.24) is 0 Å². The molecule has 1 aliphatic heterocycles. The zero-order valence-electron chi connectivity index (χ0n) is 9.36. The number of anilines is 1. The lowest BCUT2D eigenvalue weighted by atomic mass is 10.1. The van der Waals surface area contributed by atoms with Gasteiger partial charge in [-0.2, -0.15) is 20.5 Å². The van der Waals surface area contributed by atoms with E-state index in [4.69, 9.17) is 0 Å². The Morgan fingerprint density at radius 1 is 1.18 bits per heavy atom. The standard InChI is InChI=1S/C12H15F2NS2/c13-12(14)17-11-3-1-9(2-4-11)15-10-5-7-16-8-6-10/h1-4,10,12,15H,5-8H2. The average Bonchev–Trinajstić information content (AvgIpc) is 2.32. The summed E-state index contributed by atoms with van der Waals surface area (Å²) in [6.45, 7) is 0. The van der Waals surface area contributed by atoms with Crippen molar-refractivity contribution in [3.8, 4) is 0 Å². The van der Waals surface area contributed by atoms with E-state index in [9.17, 15) is 8.78 Å². The predicted molar refractivity (Wildman–Crippen MR) is 72.3 cm³/mol. The molecule has 1 aromatic rings. The molecule has 0 spiro atoms. The minimum Gasteiger partial charge on any atom is -0.382 e. The lowest BCUT2D eigenvalue weighted by Crippen LogP contribution is -2.24. The van der Waals surface area contributed by atoms with Crippen LogP contribution in [0.25, 0.3) is 0 Å². The smallest absolute Gasteiger partial charge is 0.288 e. The van der Waals surface area contributed by atoms with Crippen LogP contribution in [-0.2, 0) is 0 Å². The van der Waals surface area contributed by atoms with Crippen molar-refractivity contribution in [2.45, 2.75) is 29.5 Å². The molecular formula is C12H15F2NS2. The van der Waals surface area contributed by atoms with Crippen LogP contribution >= 0.6 is 23.5 Å². The molecule has 1 heterocycles. The molecule has 1 nitrogen and oxygen atoms in total. The Kier molecular flexibility index (Phi) is 4.98. The molecule has 1 fully saturated rings. The van der Waals surface area contributed by atoms with Crippen LogP contribution in [0.1, 0.15) is 12.8 Å². The highest BCUT2D eigenvalue weighted by Gasteiger charge is 2.13. The van der Waals surface area contributed by atoms with Crippen molar-refractivity contribution >= 4 is 29.2 Å². The van der Waals surface area contributed by atoms with Crippen LogP contribution in [0.15, 0.2) is 29.2 Å². The molecule has 2 rings (SSSR count). The SMILES string of the molecule is FC(F)Sc1ccc(NC2CCSCC2)cc1. The van der Waals surface area contributed by atoms with Gasteiger partial charge in [0, 0.05) is 16.6 Å². The van der Waals surface area contributed by atoms with E-state index >= 15 is 0 Å². The number of hydrogen-bond acceptors (Lipinski definition) is 3. The summed E-state index contributed by atoms with van der Waals surface area (Å²) in [5.41, 5.74) is 1.03. The van der Waals surface area contributed by atoms with Crippen molar-refractivity contribution in [1.29, 1.82) is 0 Å². The van der Waals surface area contributed by atoms with Crippen LogP contribution in [0.5, 0.6) is 0 Å². The zero-order valence-corrected chi connectivity index (χ0v) is 11.0. The Hall–Kier alpha value is -0.420. The summed E-state index contributed by atoms with van der Waals surface area (Å²) in [6, 6.07) is 7.79. The fourth-order valence-corrected chi connectivity index (χ4v) is 3.42. The minimum atomic E-state index is -2.34.